The number of aromatic nitrogens is 5. The molecule has 6 N–H and O–H groups in total. The molecule has 2 heterocycles. The average Bonchev–Trinajstić information content (AvgIpc) is 3.33. The van der Waals surface area contributed by atoms with Crippen molar-refractivity contribution in [2.24, 2.45) is 10.2 Å². The van der Waals surface area contributed by atoms with E-state index in [1.54, 1.807) is 6.92 Å². The first-order valence-electron chi connectivity index (χ1n) is 14.0. The highest BCUT2D eigenvalue weighted by atomic mass is 35.5. The highest BCUT2D eigenvalue weighted by molar-refractivity contribution is 7.94. The third-order valence-corrected chi connectivity index (χ3v) is 9.18. The molecule has 23 heteroatoms. The van der Waals surface area contributed by atoms with Gasteiger partial charge in [-0.15, -0.1) is 9.45 Å². The third-order valence-electron chi connectivity index (χ3n) is 6.50. The summed E-state index contributed by atoms with van der Waals surface area (Å²) in [7, 11) is -7.31. The van der Waals surface area contributed by atoms with Crippen molar-refractivity contribution in [2.45, 2.75) is 35.5 Å². The Morgan fingerprint density at radius 3 is 2.10 bits per heavy atom. The predicted octanol–water partition coefficient (Wildman–Crippen LogP) is 5.74. The fraction of sp³-hybridized carbons (Fsp3) is 0.143. The van der Waals surface area contributed by atoms with E-state index in [9.17, 15) is 26.2 Å². The number of rotatable bonds is 11. The van der Waals surface area contributed by atoms with E-state index in [0.29, 0.717) is 34.0 Å². The van der Waals surface area contributed by atoms with Crippen LogP contribution in [0.3, 0.4) is 0 Å². The molecule has 0 atom stereocenters. The Morgan fingerprint density at radius 1 is 0.902 bits per heavy atom. The minimum Gasteiger partial charge on any atom is -0.324 e. The third kappa shape index (κ3) is 10.4. The maximum absolute atomic E-state index is 12.1. The Kier molecular flexibility index (Phi) is 12.6. The van der Waals surface area contributed by atoms with Crippen molar-refractivity contribution in [3.05, 3.63) is 93.1 Å². The normalized spacial score (nSPS) is 11.7. The smallest absolute Gasteiger partial charge is 0.299 e. The van der Waals surface area contributed by atoms with Crippen LogP contribution < -0.4 is 16.2 Å². The Balaban J connectivity index is 0.000000251. The van der Waals surface area contributed by atoms with Crippen LogP contribution in [-0.4, -0.2) is 63.0 Å². The summed E-state index contributed by atoms with van der Waals surface area (Å²) in [4.78, 5) is 24.0. The Morgan fingerprint density at radius 2 is 1.53 bits per heavy atom. The molecular weight excluding hydrogens is 754 g/mol. The lowest BCUT2D eigenvalue weighted by Crippen LogP contribution is -2.14. The number of hydrogen-bond acceptors (Lipinski definition) is 16. The average molecular weight is 782 g/mol. The molecule has 51 heavy (non-hydrogen) atoms. The van der Waals surface area contributed by atoms with Crippen LogP contribution in [0.15, 0.2) is 90.4 Å². The first-order valence-corrected chi connectivity index (χ1v) is 18.0. The second kappa shape index (κ2) is 16.5. The Bertz CT molecular complexity index is 2340. The topological polar surface area (TPSA) is 273 Å². The summed E-state index contributed by atoms with van der Waals surface area (Å²) in [6.07, 6.45) is 0. The number of hydrogen-bond donors (Lipinski definition) is 6. The fourth-order valence-corrected chi connectivity index (χ4v) is 6.11. The van der Waals surface area contributed by atoms with Gasteiger partial charge in [0.25, 0.3) is 25.8 Å². The fourth-order valence-electron chi connectivity index (χ4n) is 4.21. The molecule has 5 rings (SSSR count). The first kappa shape index (κ1) is 39.0. The molecule has 0 fully saturated rings. The molecule has 0 aliphatic carbocycles. The molecule has 0 saturated carbocycles. The van der Waals surface area contributed by atoms with Gasteiger partial charge in [0.2, 0.25) is 17.2 Å². The Hall–Kier alpha value is -4.78. The van der Waals surface area contributed by atoms with E-state index in [-0.39, 0.29) is 43.9 Å². The summed E-state index contributed by atoms with van der Waals surface area (Å²) in [5, 5.41) is 27.8. The molecule has 0 bridgehead atoms. The largest absolute Gasteiger partial charge is 0.324 e. The Labute approximate surface area is 299 Å². The van der Waals surface area contributed by atoms with E-state index in [2.05, 4.69) is 50.3 Å². The van der Waals surface area contributed by atoms with Crippen LogP contribution in [0.4, 0.5) is 29.0 Å². The molecular formula is C28H28ClN9O10S3. The summed E-state index contributed by atoms with van der Waals surface area (Å²) in [6.45, 7) is 5.10. The van der Waals surface area contributed by atoms with E-state index in [0.717, 1.165) is 11.6 Å². The van der Waals surface area contributed by atoms with Gasteiger partial charge < -0.3 is 10.6 Å². The zero-order valence-electron chi connectivity index (χ0n) is 26.8. The number of anilines is 4. The molecule has 0 unspecified atom stereocenters. The number of azo groups is 1. The number of nitrogens with one attached hydrogen (secondary N) is 3. The number of halogens is 1. The van der Waals surface area contributed by atoms with Gasteiger partial charge >= 0.3 is 0 Å². The minimum atomic E-state index is -4.51. The van der Waals surface area contributed by atoms with Crippen molar-refractivity contribution in [2.75, 3.05) is 17.7 Å². The zero-order valence-corrected chi connectivity index (χ0v) is 30.0. The number of aryl methyl sites for hydroxylation is 3. The molecule has 0 aliphatic heterocycles. The van der Waals surface area contributed by atoms with Crippen LogP contribution in [0.2, 0.25) is 5.28 Å². The van der Waals surface area contributed by atoms with Gasteiger partial charge in [0.05, 0.1) is 43.8 Å². The molecule has 3 aromatic carbocycles. The summed E-state index contributed by atoms with van der Waals surface area (Å²) in [5.41, 5.74) is 2.90. The first-order chi connectivity index (χ1) is 24.0. The van der Waals surface area contributed by atoms with Crippen molar-refractivity contribution in [1.29, 1.82) is 0 Å². The second-order valence-electron chi connectivity index (χ2n) is 10.2. The van der Waals surface area contributed by atoms with Crippen LogP contribution in [0.5, 0.6) is 0 Å². The number of aromatic amines is 1. The van der Waals surface area contributed by atoms with Crippen LogP contribution >= 0.6 is 23.6 Å². The molecule has 2 aromatic heterocycles. The van der Waals surface area contributed by atoms with Crippen molar-refractivity contribution < 1.29 is 40.6 Å². The molecule has 0 aliphatic rings. The monoisotopic (exact) mass is 781 g/mol. The molecule has 0 radical (unpaired) electrons. The SMILES string of the molecule is CN=Nc1c(C)[nH]n(-c2ccc(S(=O)(=O)O)cc2)c1=O.Cc1ccc(Nc2nc(Cl)nc(Nc3cc(S(=O)(=O)O)c(C)cc3SOOO)n2)cc1. The summed E-state index contributed by atoms with van der Waals surface area (Å²) in [5.74, 6) is 0.115. The van der Waals surface area contributed by atoms with Gasteiger partial charge in [0.15, 0.2) is 5.69 Å². The van der Waals surface area contributed by atoms with Gasteiger partial charge in [-0.2, -0.15) is 36.9 Å². The number of benzene rings is 3. The van der Waals surface area contributed by atoms with Gasteiger partial charge in [0, 0.05) is 12.7 Å². The molecule has 270 valence electrons. The van der Waals surface area contributed by atoms with E-state index in [1.165, 1.54) is 49.0 Å². The second-order valence-corrected chi connectivity index (χ2v) is 14.1. The summed E-state index contributed by atoms with van der Waals surface area (Å²) in [6, 6.07) is 15.2. The highest BCUT2D eigenvalue weighted by Gasteiger charge is 2.19. The summed E-state index contributed by atoms with van der Waals surface area (Å²) >= 11 is 6.58. The van der Waals surface area contributed by atoms with E-state index in [4.69, 9.17) is 21.4 Å². The van der Waals surface area contributed by atoms with Gasteiger partial charge in [-0.1, -0.05) is 22.7 Å². The van der Waals surface area contributed by atoms with Crippen molar-refractivity contribution in [1.82, 2.24) is 24.7 Å². The lowest BCUT2D eigenvalue weighted by molar-refractivity contribution is -0.432. The van der Waals surface area contributed by atoms with Crippen molar-refractivity contribution in [3.63, 3.8) is 0 Å². The standard InChI is InChI=1S/C17H16ClN5O6S2.C11H12N4O4S/c1-9-3-5-11(6-4-9)19-16-21-15(18)22-17(23-16)20-12-8-14(31(25,26)27)10(2)7-13(12)30-29-28-24;1-7-10(13-12-2)11(16)15(14-7)8-3-5-9(6-4-8)20(17,18)19/h3-8,24H,1-2H3,(H,25,26,27)(H2,19,20,21,22,23);3-6,14H,1-2H3,(H,17,18,19). The lowest BCUT2D eigenvalue weighted by Gasteiger charge is -2.13. The summed E-state index contributed by atoms with van der Waals surface area (Å²) < 4.78 is 69.2. The highest BCUT2D eigenvalue weighted by Crippen LogP contribution is 2.34. The van der Waals surface area contributed by atoms with Gasteiger partial charge in [-0.25, -0.2) is 9.94 Å². The van der Waals surface area contributed by atoms with E-state index >= 15 is 0 Å². The maximum atomic E-state index is 12.1. The zero-order chi connectivity index (χ0) is 37.5. The minimum absolute atomic E-state index is 0.0217. The van der Waals surface area contributed by atoms with Gasteiger partial charge in [-0.05, 0) is 86.5 Å². The molecule has 0 amide bonds. The van der Waals surface area contributed by atoms with Gasteiger partial charge in [-0.3, -0.25) is 19.0 Å². The maximum Gasteiger partial charge on any atom is 0.299 e. The van der Waals surface area contributed by atoms with Crippen LogP contribution in [0.25, 0.3) is 5.69 Å². The number of H-pyrrole nitrogens is 1. The molecule has 0 saturated heterocycles. The van der Waals surface area contributed by atoms with Crippen molar-refractivity contribution in [3.8, 4) is 5.69 Å². The van der Waals surface area contributed by atoms with Crippen LogP contribution in [-0.2, 0) is 29.6 Å². The predicted molar refractivity (Wildman–Crippen MR) is 186 cm³/mol. The quantitative estimate of drug-likeness (QED) is 0.0306. The lowest BCUT2D eigenvalue weighted by atomic mass is 10.2. The van der Waals surface area contributed by atoms with Gasteiger partial charge in [0.1, 0.15) is 0 Å². The van der Waals surface area contributed by atoms with Crippen LogP contribution in [0, 0.1) is 20.8 Å². The molecule has 5 aromatic rings. The van der Waals surface area contributed by atoms with Crippen LogP contribution in [0.1, 0.15) is 16.8 Å². The van der Waals surface area contributed by atoms with E-state index < -0.39 is 25.8 Å². The molecule has 0 spiro atoms. The van der Waals surface area contributed by atoms with E-state index in [1.807, 2.05) is 31.2 Å². The van der Waals surface area contributed by atoms with Crippen molar-refractivity contribution >= 4 is 72.8 Å². The molecule has 19 nitrogen and oxygen atoms in total. The number of nitrogens with zero attached hydrogens (tertiary/aromatic N) is 6.